The van der Waals surface area contributed by atoms with Gasteiger partial charge >= 0.3 is 5.97 Å². The van der Waals surface area contributed by atoms with E-state index in [9.17, 15) is 14.7 Å². The highest BCUT2D eigenvalue weighted by Gasteiger charge is 2.54. The molecule has 2 fully saturated rings. The molecule has 21 heavy (non-hydrogen) atoms. The van der Waals surface area contributed by atoms with Crippen molar-refractivity contribution in [2.75, 3.05) is 26.7 Å². The van der Waals surface area contributed by atoms with Crippen LogP contribution in [-0.4, -0.2) is 65.3 Å². The van der Waals surface area contributed by atoms with Crippen LogP contribution in [0.25, 0.3) is 0 Å². The minimum atomic E-state index is -1.05. The zero-order valence-corrected chi connectivity index (χ0v) is 11.8. The molecule has 3 rings (SSSR count). The summed E-state index contributed by atoms with van der Waals surface area (Å²) < 4.78 is 10.9. The second kappa shape index (κ2) is 5.16. The van der Waals surface area contributed by atoms with Crippen LogP contribution in [0.15, 0.2) is 22.8 Å². The summed E-state index contributed by atoms with van der Waals surface area (Å²) in [6, 6.07) is 2.19. The number of hydrogen-bond acceptors (Lipinski definition) is 5. The Labute approximate surface area is 122 Å². The molecule has 0 aromatic carbocycles. The molecule has 2 saturated heterocycles. The first kappa shape index (κ1) is 14.1. The molecule has 1 atom stereocenters. The number of piperidine rings is 1. The lowest BCUT2D eigenvalue weighted by molar-refractivity contribution is -0.143. The summed E-state index contributed by atoms with van der Waals surface area (Å²) in [5.74, 6) is -1.33. The SMILES string of the molecule is CN1CCC2(CC1)OCC(C(=O)O)N2C(=O)c1ccco1. The summed E-state index contributed by atoms with van der Waals surface area (Å²) in [5.41, 5.74) is -0.834. The monoisotopic (exact) mass is 294 g/mol. The van der Waals surface area contributed by atoms with Crippen molar-refractivity contribution in [3.8, 4) is 0 Å². The summed E-state index contributed by atoms with van der Waals surface area (Å²) in [5, 5.41) is 9.38. The summed E-state index contributed by atoms with van der Waals surface area (Å²) in [7, 11) is 2.00. The number of aliphatic carboxylic acids is 1. The van der Waals surface area contributed by atoms with E-state index in [4.69, 9.17) is 9.15 Å². The van der Waals surface area contributed by atoms with Crippen molar-refractivity contribution in [2.45, 2.75) is 24.6 Å². The highest BCUT2D eigenvalue weighted by Crippen LogP contribution is 2.38. The van der Waals surface area contributed by atoms with Crippen LogP contribution in [0.2, 0.25) is 0 Å². The maximum absolute atomic E-state index is 12.7. The first-order chi connectivity index (χ1) is 10.0. The topological polar surface area (TPSA) is 83.2 Å². The van der Waals surface area contributed by atoms with E-state index in [1.165, 1.54) is 11.2 Å². The van der Waals surface area contributed by atoms with E-state index in [0.29, 0.717) is 12.8 Å². The normalized spacial score (nSPS) is 25.4. The number of carboxylic acid groups (broad SMARTS) is 1. The molecule has 7 nitrogen and oxygen atoms in total. The number of ether oxygens (including phenoxy) is 1. The molecule has 1 amide bonds. The Morgan fingerprint density at radius 2 is 2.10 bits per heavy atom. The highest BCUT2D eigenvalue weighted by molar-refractivity contribution is 5.95. The van der Waals surface area contributed by atoms with E-state index in [0.717, 1.165) is 13.1 Å². The molecule has 2 aliphatic heterocycles. The smallest absolute Gasteiger partial charge is 0.328 e. The van der Waals surface area contributed by atoms with E-state index in [-0.39, 0.29) is 12.4 Å². The first-order valence-corrected chi connectivity index (χ1v) is 6.96. The van der Waals surface area contributed by atoms with Crippen LogP contribution in [0.5, 0.6) is 0 Å². The molecule has 114 valence electrons. The van der Waals surface area contributed by atoms with Gasteiger partial charge in [-0.15, -0.1) is 0 Å². The lowest BCUT2D eigenvalue weighted by atomic mass is 9.98. The van der Waals surface area contributed by atoms with Crippen molar-refractivity contribution in [3.63, 3.8) is 0 Å². The third-order valence-electron chi connectivity index (χ3n) is 4.26. The Bertz CT molecular complexity index is 534. The van der Waals surface area contributed by atoms with Crippen molar-refractivity contribution in [1.29, 1.82) is 0 Å². The largest absolute Gasteiger partial charge is 0.480 e. The molecule has 0 bridgehead atoms. The molecule has 0 aliphatic carbocycles. The summed E-state index contributed by atoms with van der Waals surface area (Å²) in [6.07, 6.45) is 2.60. The predicted molar refractivity (Wildman–Crippen MR) is 71.7 cm³/mol. The summed E-state index contributed by atoms with van der Waals surface area (Å²) in [6.45, 7) is 1.54. The molecular formula is C14H18N2O5. The van der Waals surface area contributed by atoms with Crippen molar-refractivity contribution in [2.24, 2.45) is 0 Å². The van der Waals surface area contributed by atoms with Crippen molar-refractivity contribution < 1.29 is 23.8 Å². The molecule has 1 aromatic heterocycles. The van der Waals surface area contributed by atoms with Crippen LogP contribution in [0, 0.1) is 0 Å². The molecule has 1 spiro atoms. The van der Waals surface area contributed by atoms with Crippen molar-refractivity contribution in [1.82, 2.24) is 9.80 Å². The molecule has 2 aliphatic rings. The van der Waals surface area contributed by atoms with E-state index in [1.807, 2.05) is 7.05 Å². The van der Waals surface area contributed by atoms with Gasteiger partial charge < -0.3 is 19.2 Å². The predicted octanol–water partition coefficient (Wildman–Crippen LogP) is 0.627. The van der Waals surface area contributed by atoms with E-state index >= 15 is 0 Å². The zero-order valence-electron chi connectivity index (χ0n) is 11.8. The van der Waals surface area contributed by atoms with Crippen LogP contribution in [0.4, 0.5) is 0 Å². The molecule has 1 unspecified atom stereocenters. The average molecular weight is 294 g/mol. The van der Waals surface area contributed by atoms with E-state index < -0.39 is 23.6 Å². The molecule has 0 saturated carbocycles. The lowest BCUT2D eigenvalue weighted by Gasteiger charge is -2.43. The number of carbonyl (C=O) groups excluding carboxylic acids is 1. The van der Waals surface area contributed by atoms with Gasteiger partial charge in [0, 0.05) is 25.9 Å². The quantitative estimate of drug-likeness (QED) is 0.861. The maximum Gasteiger partial charge on any atom is 0.328 e. The first-order valence-electron chi connectivity index (χ1n) is 6.96. The zero-order chi connectivity index (χ0) is 15.0. The van der Waals surface area contributed by atoms with Gasteiger partial charge in [0.05, 0.1) is 12.9 Å². The van der Waals surface area contributed by atoms with Crippen molar-refractivity contribution >= 4 is 11.9 Å². The van der Waals surface area contributed by atoms with Crippen LogP contribution >= 0.6 is 0 Å². The van der Waals surface area contributed by atoms with Crippen LogP contribution in [-0.2, 0) is 9.53 Å². The summed E-state index contributed by atoms with van der Waals surface area (Å²) >= 11 is 0. The fourth-order valence-electron chi connectivity index (χ4n) is 3.04. The number of hydrogen-bond donors (Lipinski definition) is 1. The summed E-state index contributed by atoms with van der Waals surface area (Å²) in [4.78, 5) is 27.6. The van der Waals surface area contributed by atoms with E-state index in [2.05, 4.69) is 4.90 Å². The van der Waals surface area contributed by atoms with E-state index in [1.54, 1.807) is 12.1 Å². The standard InChI is InChI=1S/C14H18N2O5/c1-15-6-4-14(5-7-15)16(10(9-21-14)13(18)19)12(17)11-3-2-8-20-11/h2-3,8,10H,4-7,9H2,1H3,(H,18,19). The van der Waals surface area contributed by atoms with Gasteiger partial charge in [0.1, 0.15) is 5.72 Å². The van der Waals surface area contributed by atoms with Gasteiger partial charge in [-0.3, -0.25) is 9.69 Å². The Balaban J connectivity index is 1.93. The van der Waals surface area contributed by atoms with Crippen LogP contribution in [0.3, 0.4) is 0 Å². The molecule has 1 aromatic rings. The second-order valence-electron chi connectivity index (χ2n) is 5.57. The fraction of sp³-hybridized carbons (Fsp3) is 0.571. The van der Waals surface area contributed by atoms with Gasteiger partial charge in [0.25, 0.3) is 5.91 Å². The number of nitrogens with zero attached hydrogens (tertiary/aromatic N) is 2. The highest BCUT2D eigenvalue weighted by atomic mass is 16.5. The Morgan fingerprint density at radius 3 is 2.67 bits per heavy atom. The fourth-order valence-corrected chi connectivity index (χ4v) is 3.04. The third kappa shape index (κ3) is 2.32. The van der Waals surface area contributed by atoms with Gasteiger partial charge in [-0.1, -0.05) is 0 Å². The Hall–Kier alpha value is -1.86. The number of carboxylic acids is 1. The minimum Gasteiger partial charge on any atom is -0.480 e. The number of furan rings is 1. The average Bonchev–Trinajstić information content (AvgIpc) is 3.10. The van der Waals surface area contributed by atoms with Gasteiger partial charge in [-0.2, -0.15) is 0 Å². The number of likely N-dealkylation sites (tertiary alicyclic amines) is 1. The molecule has 7 heteroatoms. The van der Waals surface area contributed by atoms with Gasteiger partial charge in [-0.25, -0.2) is 4.79 Å². The molecule has 3 heterocycles. The minimum absolute atomic E-state index is 0.0193. The van der Waals surface area contributed by atoms with Gasteiger partial charge in [0.2, 0.25) is 0 Å². The Morgan fingerprint density at radius 1 is 1.38 bits per heavy atom. The van der Waals surface area contributed by atoms with Crippen molar-refractivity contribution in [3.05, 3.63) is 24.2 Å². The molecule has 0 radical (unpaired) electrons. The molecule has 1 N–H and O–H groups in total. The van der Waals surface area contributed by atoms with Gasteiger partial charge in [0.15, 0.2) is 11.8 Å². The maximum atomic E-state index is 12.7. The number of carbonyl (C=O) groups is 2. The van der Waals surface area contributed by atoms with Gasteiger partial charge in [-0.05, 0) is 19.2 Å². The second-order valence-corrected chi connectivity index (χ2v) is 5.57. The number of rotatable bonds is 2. The van der Waals surface area contributed by atoms with Crippen LogP contribution < -0.4 is 0 Å². The Kier molecular flexibility index (Phi) is 3.46. The third-order valence-corrected chi connectivity index (χ3v) is 4.26. The lowest BCUT2D eigenvalue weighted by Crippen LogP contribution is -2.57. The molecular weight excluding hydrogens is 276 g/mol. The van der Waals surface area contributed by atoms with Crippen LogP contribution in [0.1, 0.15) is 23.4 Å². The number of amides is 1.